The van der Waals surface area contributed by atoms with Gasteiger partial charge in [0.1, 0.15) is 0 Å². The van der Waals surface area contributed by atoms with Crippen LogP contribution in [-0.2, 0) is 35.5 Å². The molecule has 2 aromatic rings. The Labute approximate surface area is 168 Å². The predicted octanol–water partition coefficient (Wildman–Crippen LogP) is 6.29. The minimum atomic E-state index is -3.56. The van der Waals surface area contributed by atoms with Crippen LogP contribution in [-0.4, -0.2) is 8.42 Å². The molecular formula is C20H24Br2O2S. The van der Waals surface area contributed by atoms with Crippen molar-refractivity contribution in [1.29, 1.82) is 0 Å². The summed E-state index contributed by atoms with van der Waals surface area (Å²) in [7, 11) is -3.56. The molecule has 0 aliphatic heterocycles. The number of sulfone groups is 1. The Morgan fingerprint density at radius 2 is 0.960 bits per heavy atom. The van der Waals surface area contributed by atoms with Gasteiger partial charge in [-0.15, -0.1) is 0 Å². The summed E-state index contributed by atoms with van der Waals surface area (Å²) in [5.74, 6) is 0. The number of hydrogen-bond acceptors (Lipinski definition) is 2. The van der Waals surface area contributed by atoms with Crippen LogP contribution in [0.2, 0.25) is 0 Å². The van der Waals surface area contributed by atoms with Crippen molar-refractivity contribution in [1.82, 2.24) is 0 Å². The minimum Gasteiger partial charge on any atom is -0.218 e. The van der Waals surface area contributed by atoms with Crippen LogP contribution < -0.4 is 0 Å². The largest absolute Gasteiger partial charge is 0.218 e. The lowest BCUT2D eigenvalue weighted by Crippen LogP contribution is -2.10. The van der Waals surface area contributed by atoms with Crippen LogP contribution in [0.1, 0.15) is 49.9 Å². The van der Waals surface area contributed by atoms with Gasteiger partial charge in [0.15, 0.2) is 0 Å². The van der Waals surface area contributed by atoms with Gasteiger partial charge >= 0.3 is 0 Å². The van der Waals surface area contributed by atoms with E-state index in [1.807, 2.05) is 52.0 Å². The van der Waals surface area contributed by atoms with Crippen molar-refractivity contribution < 1.29 is 8.42 Å². The standard InChI is InChI=1S/C20H24Br2O2S/c1-5-13-11-19(15(7-3)9-17(13)21)25(23,24)20-12-14(6-2)18(22)10-16(20)8-4/h9-12H,5-8H2,1-4H3. The van der Waals surface area contributed by atoms with Crippen LogP contribution in [0.5, 0.6) is 0 Å². The van der Waals surface area contributed by atoms with Crippen molar-refractivity contribution >= 4 is 41.7 Å². The molecule has 0 atom stereocenters. The Hall–Kier alpha value is -0.650. The first-order valence-electron chi connectivity index (χ1n) is 8.67. The lowest BCUT2D eigenvalue weighted by molar-refractivity contribution is 0.593. The number of aryl methyl sites for hydroxylation is 4. The summed E-state index contributed by atoms with van der Waals surface area (Å²) in [6.07, 6.45) is 2.92. The second-order valence-corrected chi connectivity index (χ2v) is 9.62. The maximum absolute atomic E-state index is 13.5. The van der Waals surface area contributed by atoms with Gasteiger partial charge in [-0.05, 0) is 72.2 Å². The van der Waals surface area contributed by atoms with E-state index >= 15 is 0 Å². The molecule has 0 saturated heterocycles. The summed E-state index contributed by atoms with van der Waals surface area (Å²) in [5.41, 5.74) is 3.74. The third-order valence-corrected chi connectivity index (χ3v) is 7.96. The third kappa shape index (κ3) is 4.04. The summed E-state index contributed by atoms with van der Waals surface area (Å²) in [4.78, 5) is 0.878. The number of benzene rings is 2. The number of hydrogen-bond donors (Lipinski definition) is 0. The van der Waals surface area contributed by atoms with E-state index in [0.717, 1.165) is 44.0 Å². The average molecular weight is 488 g/mol. The van der Waals surface area contributed by atoms with Crippen molar-refractivity contribution in [3.05, 3.63) is 55.5 Å². The Morgan fingerprint density at radius 3 is 1.24 bits per heavy atom. The summed E-state index contributed by atoms with van der Waals surface area (Å²) in [6, 6.07) is 7.59. The van der Waals surface area contributed by atoms with E-state index in [2.05, 4.69) is 31.9 Å². The molecule has 2 aromatic carbocycles. The molecule has 0 N–H and O–H groups in total. The third-order valence-electron chi connectivity index (χ3n) is 4.56. The Kier molecular flexibility index (Phi) is 6.91. The van der Waals surface area contributed by atoms with E-state index in [1.165, 1.54) is 0 Å². The lowest BCUT2D eigenvalue weighted by Gasteiger charge is -2.17. The normalized spacial score (nSPS) is 11.8. The average Bonchev–Trinajstić information content (AvgIpc) is 2.60. The van der Waals surface area contributed by atoms with Crippen LogP contribution in [0.4, 0.5) is 0 Å². The highest BCUT2D eigenvalue weighted by atomic mass is 79.9. The van der Waals surface area contributed by atoms with Gasteiger partial charge in [-0.3, -0.25) is 0 Å². The van der Waals surface area contributed by atoms with Gasteiger partial charge in [0.05, 0.1) is 9.79 Å². The Morgan fingerprint density at radius 1 is 0.640 bits per heavy atom. The molecule has 0 unspecified atom stereocenters. The fraction of sp³-hybridized carbons (Fsp3) is 0.400. The molecule has 5 heteroatoms. The molecule has 0 fully saturated rings. The van der Waals surface area contributed by atoms with E-state index in [4.69, 9.17) is 0 Å². The highest BCUT2D eigenvalue weighted by Crippen LogP contribution is 2.34. The molecule has 0 radical (unpaired) electrons. The van der Waals surface area contributed by atoms with Gasteiger partial charge in [0, 0.05) is 8.95 Å². The van der Waals surface area contributed by atoms with Crippen molar-refractivity contribution in [2.45, 2.75) is 63.2 Å². The molecule has 0 spiro atoms. The molecule has 0 aliphatic carbocycles. The van der Waals surface area contributed by atoms with E-state index in [0.29, 0.717) is 22.6 Å². The monoisotopic (exact) mass is 486 g/mol. The molecule has 2 nitrogen and oxygen atoms in total. The maximum Gasteiger partial charge on any atom is 0.207 e. The van der Waals surface area contributed by atoms with E-state index in [9.17, 15) is 8.42 Å². The first-order valence-corrected chi connectivity index (χ1v) is 11.7. The van der Waals surface area contributed by atoms with Gasteiger partial charge in [-0.1, -0.05) is 59.6 Å². The second kappa shape index (κ2) is 8.36. The fourth-order valence-electron chi connectivity index (χ4n) is 2.99. The minimum absolute atomic E-state index is 0.439. The zero-order chi connectivity index (χ0) is 18.8. The summed E-state index contributed by atoms with van der Waals surface area (Å²) in [5, 5.41) is 0. The summed E-state index contributed by atoms with van der Waals surface area (Å²) >= 11 is 7.13. The number of halogens is 2. The summed E-state index contributed by atoms with van der Waals surface area (Å²) in [6.45, 7) is 8.06. The molecule has 0 heterocycles. The molecule has 0 amide bonds. The SMILES string of the molecule is CCc1cc(S(=O)(=O)c2cc(CC)c(Br)cc2CC)c(CC)cc1Br. The van der Waals surface area contributed by atoms with Gasteiger partial charge in [0.2, 0.25) is 9.84 Å². The lowest BCUT2D eigenvalue weighted by atomic mass is 10.1. The van der Waals surface area contributed by atoms with E-state index < -0.39 is 9.84 Å². The zero-order valence-corrected chi connectivity index (χ0v) is 19.1. The van der Waals surface area contributed by atoms with Crippen LogP contribution in [0.15, 0.2) is 43.0 Å². The molecule has 25 heavy (non-hydrogen) atoms. The Balaban J connectivity index is 2.79. The topological polar surface area (TPSA) is 34.1 Å². The van der Waals surface area contributed by atoms with Crippen LogP contribution in [0.3, 0.4) is 0 Å². The second-order valence-electron chi connectivity index (χ2n) is 6.02. The van der Waals surface area contributed by atoms with Crippen molar-refractivity contribution in [2.75, 3.05) is 0 Å². The predicted molar refractivity (Wildman–Crippen MR) is 111 cm³/mol. The first kappa shape index (κ1) is 20.7. The first-order chi connectivity index (χ1) is 11.8. The fourth-order valence-corrected chi connectivity index (χ4v) is 6.26. The highest BCUT2D eigenvalue weighted by Gasteiger charge is 2.25. The smallest absolute Gasteiger partial charge is 0.207 e. The molecular weight excluding hydrogens is 464 g/mol. The van der Waals surface area contributed by atoms with Crippen molar-refractivity contribution in [3.63, 3.8) is 0 Å². The van der Waals surface area contributed by atoms with Crippen LogP contribution in [0.25, 0.3) is 0 Å². The molecule has 0 saturated carbocycles. The van der Waals surface area contributed by atoms with E-state index in [-0.39, 0.29) is 0 Å². The van der Waals surface area contributed by atoms with Gasteiger partial charge in [-0.25, -0.2) is 8.42 Å². The zero-order valence-electron chi connectivity index (χ0n) is 15.1. The number of rotatable bonds is 6. The van der Waals surface area contributed by atoms with E-state index in [1.54, 1.807) is 0 Å². The maximum atomic E-state index is 13.5. The van der Waals surface area contributed by atoms with Crippen molar-refractivity contribution in [3.8, 4) is 0 Å². The van der Waals surface area contributed by atoms with Crippen LogP contribution in [0, 0.1) is 0 Å². The quantitative estimate of drug-likeness (QED) is 0.479. The Bertz CT molecular complexity index is 820. The molecule has 0 aliphatic rings. The molecule has 0 bridgehead atoms. The molecule has 0 aromatic heterocycles. The summed E-state index contributed by atoms with van der Waals surface area (Å²) < 4.78 is 29.0. The molecule has 2 rings (SSSR count). The van der Waals surface area contributed by atoms with Crippen LogP contribution >= 0.6 is 31.9 Å². The highest BCUT2D eigenvalue weighted by molar-refractivity contribution is 9.10. The van der Waals surface area contributed by atoms with Gasteiger partial charge in [-0.2, -0.15) is 0 Å². The van der Waals surface area contributed by atoms with Gasteiger partial charge < -0.3 is 0 Å². The molecule has 136 valence electrons. The van der Waals surface area contributed by atoms with Gasteiger partial charge in [0.25, 0.3) is 0 Å². The van der Waals surface area contributed by atoms with Crippen molar-refractivity contribution in [2.24, 2.45) is 0 Å².